The molecule has 3 aromatic rings. The predicted molar refractivity (Wildman–Crippen MR) is 123 cm³/mol. The average molecular weight is 437 g/mol. The first-order chi connectivity index (χ1) is 14.8. The van der Waals surface area contributed by atoms with Crippen LogP contribution in [0.2, 0.25) is 0 Å². The van der Waals surface area contributed by atoms with Crippen molar-refractivity contribution in [1.82, 2.24) is 10.2 Å². The molecule has 162 valence electrons. The molecule has 0 saturated carbocycles. The Morgan fingerprint density at radius 2 is 1.32 bits per heavy atom. The minimum absolute atomic E-state index is 0.0773. The molecular formula is C25H28N2O3S. The Labute approximate surface area is 184 Å². The number of sulfone groups is 1. The summed E-state index contributed by atoms with van der Waals surface area (Å²) in [7, 11) is -3.24. The van der Waals surface area contributed by atoms with E-state index in [9.17, 15) is 13.2 Å². The minimum Gasteiger partial charge on any atom is -0.348 e. The number of amides is 1. The maximum Gasteiger partial charge on any atom is 0.234 e. The van der Waals surface area contributed by atoms with Crippen LogP contribution in [-0.2, 0) is 27.7 Å². The molecule has 0 spiro atoms. The molecule has 0 aliphatic carbocycles. The van der Waals surface area contributed by atoms with Crippen LogP contribution in [0.4, 0.5) is 0 Å². The van der Waals surface area contributed by atoms with Gasteiger partial charge in [-0.25, -0.2) is 8.42 Å². The lowest BCUT2D eigenvalue weighted by molar-refractivity contribution is -0.123. The lowest BCUT2D eigenvalue weighted by Gasteiger charge is -2.23. The lowest BCUT2D eigenvalue weighted by atomic mass is 10.1. The average Bonchev–Trinajstić information content (AvgIpc) is 2.74. The third kappa shape index (κ3) is 7.05. The highest BCUT2D eigenvalue weighted by Crippen LogP contribution is 2.17. The van der Waals surface area contributed by atoms with Crippen LogP contribution in [0.15, 0.2) is 89.8 Å². The molecule has 5 nitrogen and oxygen atoms in total. The first-order valence-corrected chi connectivity index (χ1v) is 12.1. The van der Waals surface area contributed by atoms with Gasteiger partial charge in [0.05, 0.1) is 17.5 Å². The van der Waals surface area contributed by atoms with Gasteiger partial charge in [-0.15, -0.1) is 0 Å². The quantitative estimate of drug-likeness (QED) is 0.551. The molecule has 1 amide bonds. The van der Waals surface area contributed by atoms with Crippen LogP contribution in [0.5, 0.6) is 0 Å². The maximum absolute atomic E-state index is 12.8. The Kier molecular flexibility index (Phi) is 7.60. The van der Waals surface area contributed by atoms with Gasteiger partial charge in [0.15, 0.2) is 9.84 Å². The summed E-state index contributed by atoms with van der Waals surface area (Å²) in [5.74, 6) is -0.0773. The van der Waals surface area contributed by atoms with E-state index in [2.05, 4.69) is 34.5 Å². The molecule has 3 rings (SSSR count). The van der Waals surface area contributed by atoms with Gasteiger partial charge >= 0.3 is 0 Å². The number of carbonyl (C=O) groups is 1. The van der Waals surface area contributed by atoms with Crippen LogP contribution in [0, 0.1) is 0 Å². The molecule has 3 aromatic carbocycles. The molecule has 0 saturated heterocycles. The fraction of sp³-hybridized carbons (Fsp3) is 0.240. The fourth-order valence-electron chi connectivity index (χ4n) is 3.43. The summed E-state index contributed by atoms with van der Waals surface area (Å²) >= 11 is 0. The van der Waals surface area contributed by atoms with E-state index < -0.39 is 9.84 Å². The van der Waals surface area contributed by atoms with Gasteiger partial charge in [0.25, 0.3) is 0 Å². The van der Waals surface area contributed by atoms with E-state index >= 15 is 0 Å². The normalized spacial score (nSPS) is 12.5. The smallest absolute Gasteiger partial charge is 0.234 e. The summed E-state index contributed by atoms with van der Waals surface area (Å²) in [5.41, 5.74) is 3.16. The topological polar surface area (TPSA) is 66.5 Å². The maximum atomic E-state index is 12.8. The second kappa shape index (κ2) is 10.4. The summed E-state index contributed by atoms with van der Waals surface area (Å²) in [4.78, 5) is 15.2. The number of rotatable bonds is 9. The van der Waals surface area contributed by atoms with Crippen LogP contribution in [-0.4, -0.2) is 32.0 Å². The number of benzene rings is 3. The van der Waals surface area contributed by atoms with E-state index in [-0.39, 0.29) is 23.4 Å². The fourth-order valence-corrected chi connectivity index (χ4v) is 4.06. The van der Waals surface area contributed by atoms with Crippen molar-refractivity contribution in [1.29, 1.82) is 0 Å². The van der Waals surface area contributed by atoms with Gasteiger partial charge in [-0.1, -0.05) is 72.8 Å². The summed E-state index contributed by atoms with van der Waals surface area (Å²) < 4.78 is 23.3. The first kappa shape index (κ1) is 22.7. The molecular weight excluding hydrogens is 408 g/mol. The van der Waals surface area contributed by atoms with Crippen molar-refractivity contribution < 1.29 is 13.2 Å². The molecule has 1 unspecified atom stereocenters. The zero-order valence-corrected chi connectivity index (χ0v) is 18.7. The van der Waals surface area contributed by atoms with Crippen molar-refractivity contribution in [3.05, 3.63) is 102 Å². The molecule has 0 bridgehead atoms. The van der Waals surface area contributed by atoms with Gasteiger partial charge in [0.1, 0.15) is 0 Å². The van der Waals surface area contributed by atoms with Crippen molar-refractivity contribution in [2.75, 3.05) is 12.8 Å². The lowest BCUT2D eigenvalue weighted by Crippen LogP contribution is -2.37. The summed E-state index contributed by atoms with van der Waals surface area (Å²) in [5, 5.41) is 3.03. The summed E-state index contributed by atoms with van der Waals surface area (Å²) in [6.45, 7) is 3.49. The molecule has 0 heterocycles. The van der Waals surface area contributed by atoms with Crippen molar-refractivity contribution >= 4 is 15.7 Å². The molecule has 6 heteroatoms. The first-order valence-electron chi connectivity index (χ1n) is 10.2. The largest absolute Gasteiger partial charge is 0.348 e. The molecule has 31 heavy (non-hydrogen) atoms. The summed E-state index contributed by atoms with van der Waals surface area (Å²) in [6.07, 6.45) is 1.18. The third-order valence-electron chi connectivity index (χ3n) is 5.05. The van der Waals surface area contributed by atoms with Gasteiger partial charge in [0, 0.05) is 19.3 Å². The van der Waals surface area contributed by atoms with Crippen LogP contribution in [0.3, 0.4) is 0 Å². The Balaban J connectivity index is 1.66. The van der Waals surface area contributed by atoms with Gasteiger partial charge in [0.2, 0.25) is 5.91 Å². The van der Waals surface area contributed by atoms with Crippen molar-refractivity contribution in [3.63, 3.8) is 0 Å². The van der Waals surface area contributed by atoms with Crippen molar-refractivity contribution in [3.8, 4) is 0 Å². The third-order valence-corrected chi connectivity index (χ3v) is 6.18. The van der Waals surface area contributed by atoms with E-state index in [1.165, 1.54) is 6.26 Å². The van der Waals surface area contributed by atoms with Crippen LogP contribution in [0.25, 0.3) is 0 Å². The summed E-state index contributed by atoms with van der Waals surface area (Å²) in [6, 6.07) is 26.6. The van der Waals surface area contributed by atoms with E-state index in [0.29, 0.717) is 13.1 Å². The zero-order chi connectivity index (χ0) is 22.3. The monoisotopic (exact) mass is 436 g/mol. The second-order valence-corrected chi connectivity index (χ2v) is 9.76. The predicted octanol–water partition coefficient (Wildman–Crippen LogP) is 3.97. The number of nitrogens with zero attached hydrogens (tertiary/aromatic N) is 1. The Morgan fingerprint density at radius 1 is 0.839 bits per heavy atom. The Morgan fingerprint density at radius 3 is 1.77 bits per heavy atom. The minimum atomic E-state index is -3.24. The Hall–Kier alpha value is -2.96. The highest BCUT2D eigenvalue weighted by atomic mass is 32.2. The van der Waals surface area contributed by atoms with E-state index in [0.717, 1.165) is 16.7 Å². The number of hydrogen-bond donors (Lipinski definition) is 1. The number of hydrogen-bond acceptors (Lipinski definition) is 4. The zero-order valence-electron chi connectivity index (χ0n) is 17.9. The van der Waals surface area contributed by atoms with Crippen LogP contribution >= 0.6 is 0 Å². The molecule has 0 fully saturated rings. The highest BCUT2D eigenvalue weighted by Gasteiger charge is 2.16. The number of carbonyl (C=O) groups excluding carboxylic acids is 1. The van der Waals surface area contributed by atoms with Crippen LogP contribution < -0.4 is 5.32 Å². The molecule has 1 atom stereocenters. The Bertz CT molecular complexity index is 1040. The molecule has 0 aliphatic heterocycles. The number of nitrogens with one attached hydrogen (secondary N) is 1. The van der Waals surface area contributed by atoms with E-state index in [4.69, 9.17) is 0 Å². The molecule has 1 N–H and O–H groups in total. The van der Waals surface area contributed by atoms with Crippen LogP contribution in [0.1, 0.15) is 29.7 Å². The van der Waals surface area contributed by atoms with Gasteiger partial charge in [-0.05, 0) is 35.7 Å². The standard InChI is InChI=1S/C25H28N2O3S/c1-20(23-13-15-24(16-14-23)31(2,29)30)26-25(28)19-27(17-21-9-5-3-6-10-21)18-22-11-7-4-8-12-22/h3-16,20H,17-19H2,1-2H3,(H,26,28). The van der Waals surface area contributed by atoms with Gasteiger partial charge in [-0.2, -0.15) is 0 Å². The molecule has 0 aromatic heterocycles. The van der Waals surface area contributed by atoms with E-state index in [1.807, 2.05) is 43.3 Å². The van der Waals surface area contributed by atoms with Crippen molar-refractivity contribution in [2.45, 2.75) is 31.0 Å². The highest BCUT2D eigenvalue weighted by molar-refractivity contribution is 7.90. The van der Waals surface area contributed by atoms with Crippen molar-refractivity contribution in [2.24, 2.45) is 0 Å². The van der Waals surface area contributed by atoms with E-state index in [1.54, 1.807) is 24.3 Å². The molecule has 0 radical (unpaired) electrons. The second-order valence-electron chi connectivity index (χ2n) is 7.75. The van der Waals surface area contributed by atoms with Gasteiger partial charge in [-0.3, -0.25) is 9.69 Å². The van der Waals surface area contributed by atoms with Gasteiger partial charge < -0.3 is 5.32 Å². The SMILES string of the molecule is CC(NC(=O)CN(Cc1ccccc1)Cc1ccccc1)c1ccc(S(C)(=O)=O)cc1. The molecule has 0 aliphatic rings.